The minimum Gasteiger partial charge on any atom is -0.485 e. The molecule has 0 spiro atoms. The van der Waals surface area contributed by atoms with Crippen molar-refractivity contribution < 1.29 is 14.1 Å². The molecule has 9 heteroatoms. The van der Waals surface area contributed by atoms with E-state index >= 15 is 0 Å². The fourth-order valence-electron chi connectivity index (χ4n) is 2.46. The summed E-state index contributed by atoms with van der Waals surface area (Å²) < 4.78 is 10.6. The Morgan fingerprint density at radius 3 is 2.68 bits per heavy atom. The number of aryl methyl sites for hydroxylation is 1. The zero-order valence-corrected chi connectivity index (χ0v) is 15.6. The molecule has 2 aromatic carbocycles. The van der Waals surface area contributed by atoms with Crippen molar-refractivity contribution in [2.45, 2.75) is 13.5 Å². The Hall–Kier alpha value is -3.59. The molecule has 0 aliphatic rings. The summed E-state index contributed by atoms with van der Waals surface area (Å²) in [5, 5.41) is 15.9. The number of carbonyl (C=O) groups is 1. The molecule has 1 N–H and O–H groups in total. The first-order valence-corrected chi connectivity index (χ1v) is 9.22. The van der Waals surface area contributed by atoms with Gasteiger partial charge in [0.25, 0.3) is 5.91 Å². The number of aromatic nitrogens is 4. The molecule has 28 heavy (non-hydrogen) atoms. The number of amides is 1. The second kappa shape index (κ2) is 7.97. The summed E-state index contributed by atoms with van der Waals surface area (Å²) in [6.45, 7) is 1.79. The van der Waals surface area contributed by atoms with Gasteiger partial charge in [0.1, 0.15) is 10.8 Å². The fourth-order valence-corrected chi connectivity index (χ4v) is 3.20. The molecule has 0 fully saturated rings. The third kappa shape index (κ3) is 4.04. The molecule has 4 rings (SSSR count). The first kappa shape index (κ1) is 17.8. The number of rotatable bonds is 6. The van der Waals surface area contributed by atoms with Crippen LogP contribution in [0.5, 0.6) is 5.75 Å². The van der Waals surface area contributed by atoms with Crippen LogP contribution in [0.4, 0.5) is 5.13 Å². The molecule has 140 valence electrons. The number of hydrogen-bond donors (Lipinski definition) is 1. The van der Waals surface area contributed by atoms with Crippen molar-refractivity contribution in [3.05, 3.63) is 71.9 Å². The van der Waals surface area contributed by atoms with Crippen LogP contribution in [0.2, 0.25) is 0 Å². The second-order valence-electron chi connectivity index (χ2n) is 5.75. The number of para-hydroxylation sites is 1. The molecule has 0 radical (unpaired) electrons. The lowest BCUT2D eigenvalue weighted by Crippen LogP contribution is -2.13. The van der Waals surface area contributed by atoms with Gasteiger partial charge in [0, 0.05) is 12.5 Å². The van der Waals surface area contributed by atoms with Crippen LogP contribution >= 0.6 is 11.3 Å². The van der Waals surface area contributed by atoms with Crippen molar-refractivity contribution in [2.75, 3.05) is 5.32 Å². The highest BCUT2D eigenvalue weighted by atomic mass is 32.1. The van der Waals surface area contributed by atoms with Crippen LogP contribution in [-0.2, 0) is 6.61 Å². The third-order valence-electron chi connectivity index (χ3n) is 3.72. The van der Waals surface area contributed by atoms with Crippen LogP contribution in [0, 0.1) is 6.92 Å². The molecule has 0 bridgehead atoms. The fraction of sp³-hybridized carbons (Fsp3) is 0.105. The van der Waals surface area contributed by atoms with E-state index in [2.05, 4.69) is 25.7 Å². The van der Waals surface area contributed by atoms with Gasteiger partial charge in [-0.2, -0.15) is 4.98 Å². The lowest BCUT2D eigenvalue weighted by Gasteiger charge is -2.09. The molecule has 0 unspecified atom stereocenters. The molecule has 8 nitrogen and oxygen atoms in total. The molecule has 1 amide bonds. The molecular formula is C19H15N5O3S. The van der Waals surface area contributed by atoms with E-state index in [4.69, 9.17) is 9.26 Å². The maximum absolute atomic E-state index is 12.7. The predicted molar refractivity (Wildman–Crippen MR) is 103 cm³/mol. The Bertz CT molecular complexity index is 1090. The van der Waals surface area contributed by atoms with E-state index in [1.54, 1.807) is 31.2 Å². The lowest BCUT2D eigenvalue weighted by atomic mass is 10.2. The van der Waals surface area contributed by atoms with E-state index in [0.717, 1.165) is 10.6 Å². The van der Waals surface area contributed by atoms with Crippen molar-refractivity contribution in [3.8, 4) is 16.3 Å². The summed E-state index contributed by atoms with van der Waals surface area (Å²) in [7, 11) is 0. The van der Waals surface area contributed by atoms with Gasteiger partial charge in [-0.25, -0.2) is 0 Å². The quantitative estimate of drug-likeness (QED) is 0.532. The monoisotopic (exact) mass is 393 g/mol. The number of anilines is 1. The van der Waals surface area contributed by atoms with Crippen LogP contribution < -0.4 is 10.1 Å². The third-order valence-corrected chi connectivity index (χ3v) is 4.61. The standard InChI is InChI=1S/C19H15N5O3S/c1-12-20-16(24-27-12)11-26-15-10-6-5-9-14(15)17(25)21-19-23-22-18(28-19)13-7-3-2-4-8-13/h2-10H,11H2,1H3,(H,21,23,25). The smallest absolute Gasteiger partial charge is 0.261 e. The summed E-state index contributed by atoms with van der Waals surface area (Å²) in [6.07, 6.45) is 0. The van der Waals surface area contributed by atoms with Crippen molar-refractivity contribution in [3.63, 3.8) is 0 Å². The summed E-state index contributed by atoms with van der Waals surface area (Å²) >= 11 is 1.30. The molecule has 0 aliphatic carbocycles. The van der Waals surface area contributed by atoms with Crippen molar-refractivity contribution in [2.24, 2.45) is 0 Å². The maximum Gasteiger partial charge on any atom is 0.261 e. The van der Waals surface area contributed by atoms with Crippen LogP contribution in [0.25, 0.3) is 10.6 Å². The lowest BCUT2D eigenvalue weighted by molar-refractivity contribution is 0.102. The normalized spacial score (nSPS) is 10.6. The average Bonchev–Trinajstić information content (AvgIpc) is 3.36. The van der Waals surface area contributed by atoms with Gasteiger partial charge >= 0.3 is 0 Å². The minimum absolute atomic E-state index is 0.0958. The molecule has 0 atom stereocenters. The molecular weight excluding hydrogens is 378 g/mol. The molecule has 0 saturated carbocycles. The topological polar surface area (TPSA) is 103 Å². The average molecular weight is 393 g/mol. The van der Waals surface area contributed by atoms with Gasteiger partial charge in [-0.15, -0.1) is 10.2 Å². The summed E-state index contributed by atoms with van der Waals surface area (Å²) in [5.74, 6) is 0.936. The van der Waals surface area contributed by atoms with Gasteiger partial charge < -0.3 is 9.26 Å². The maximum atomic E-state index is 12.7. The molecule has 4 aromatic rings. The van der Waals surface area contributed by atoms with E-state index < -0.39 is 0 Å². The molecule has 2 heterocycles. The van der Waals surface area contributed by atoms with Crippen LogP contribution in [0.1, 0.15) is 22.1 Å². The van der Waals surface area contributed by atoms with E-state index in [-0.39, 0.29) is 12.5 Å². The van der Waals surface area contributed by atoms with Crippen LogP contribution in [0.3, 0.4) is 0 Å². The SMILES string of the molecule is Cc1nc(COc2ccccc2C(=O)Nc2nnc(-c3ccccc3)s2)no1. The van der Waals surface area contributed by atoms with Crippen LogP contribution in [-0.4, -0.2) is 26.2 Å². The zero-order valence-electron chi connectivity index (χ0n) is 14.8. The first-order chi connectivity index (χ1) is 13.7. The Morgan fingerprint density at radius 1 is 1.11 bits per heavy atom. The molecule has 0 saturated heterocycles. The number of benzene rings is 2. The number of nitrogens with one attached hydrogen (secondary N) is 1. The van der Waals surface area contributed by atoms with Crippen molar-refractivity contribution >= 4 is 22.4 Å². The van der Waals surface area contributed by atoms with Crippen molar-refractivity contribution in [1.82, 2.24) is 20.3 Å². The first-order valence-electron chi connectivity index (χ1n) is 8.40. The van der Waals surface area contributed by atoms with E-state index in [9.17, 15) is 4.79 Å². The second-order valence-corrected chi connectivity index (χ2v) is 6.72. The van der Waals surface area contributed by atoms with E-state index in [0.29, 0.717) is 28.2 Å². The summed E-state index contributed by atoms with van der Waals surface area (Å²) in [5.41, 5.74) is 1.32. The Morgan fingerprint density at radius 2 is 1.89 bits per heavy atom. The highest BCUT2D eigenvalue weighted by molar-refractivity contribution is 7.18. The number of ether oxygens (including phenoxy) is 1. The van der Waals surface area contributed by atoms with Gasteiger partial charge in [-0.3, -0.25) is 10.1 Å². The van der Waals surface area contributed by atoms with Gasteiger partial charge in [-0.05, 0) is 12.1 Å². The number of nitrogens with zero attached hydrogens (tertiary/aromatic N) is 4. The predicted octanol–water partition coefficient (Wildman–Crippen LogP) is 3.73. The van der Waals surface area contributed by atoms with Gasteiger partial charge in [0.15, 0.2) is 6.61 Å². The van der Waals surface area contributed by atoms with E-state index in [1.807, 2.05) is 30.3 Å². The Labute approximate surface area is 164 Å². The van der Waals surface area contributed by atoms with Crippen molar-refractivity contribution in [1.29, 1.82) is 0 Å². The van der Waals surface area contributed by atoms with Gasteiger partial charge in [0.05, 0.1) is 5.56 Å². The molecule has 0 aliphatic heterocycles. The van der Waals surface area contributed by atoms with Crippen LogP contribution in [0.15, 0.2) is 59.1 Å². The largest absolute Gasteiger partial charge is 0.485 e. The summed E-state index contributed by atoms with van der Waals surface area (Å²) in [6, 6.07) is 16.6. The highest BCUT2D eigenvalue weighted by Gasteiger charge is 2.16. The van der Waals surface area contributed by atoms with Gasteiger partial charge in [0.2, 0.25) is 16.8 Å². The highest BCUT2D eigenvalue weighted by Crippen LogP contribution is 2.27. The Balaban J connectivity index is 1.47. The van der Waals surface area contributed by atoms with Gasteiger partial charge in [-0.1, -0.05) is 59.0 Å². The Kier molecular flexibility index (Phi) is 5.07. The zero-order chi connectivity index (χ0) is 19.3. The summed E-state index contributed by atoms with van der Waals surface area (Å²) in [4.78, 5) is 16.8. The van der Waals surface area contributed by atoms with E-state index in [1.165, 1.54) is 11.3 Å². The minimum atomic E-state index is -0.337. The number of hydrogen-bond acceptors (Lipinski definition) is 8. The number of carbonyl (C=O) groups excluding carboxylic acids is 1. The molecule has 2 aromatic heterocycles.